The second-order valence-corrected chi connectivity index (χ2v) is 25.4. The molecule has 0 fully saturated rings. The number of hydrogen-bond donors (Lipinski definition) is 0. The van der Waals surface area contributed by atoms with Crippen molar-refractivity contribution in [3.8, 4) is 67.0 Å². The highest BCUT2D eigenvalue weighted by molar-refractivity contribution is 5.97. The molecule has 3 unspecified atom stereocenters. The lowest BCUT2D eigenvalue weighted by molar-refractivity contribution is -0.863. The van der Waals surface area contributed by atoms with E-state index in [1.165, 1.54) is 106 Å². The molecule has 5 heterocycles. The summed E-state index contributed by atoms with van der Waals surface area (Å²) in [6, 6.07) is 80.9. The van der Waals surface area contributed by atoms with Crippen molar-refractivity contribution in [2.45, 2.75) is 90.4 Å². The van der Waals surface area contributed by atoms with Gasteiger partial charge in [0.1, 0.15) is 12.0 Å². The molecule has 88 heavy (non-hydrogen) atoms. The first-order chi connectivity index (χ1) is 42.9. The van der Waals surface area contributed by atoms with Crippen LogP contribution in [0.4, 0.5) is 10.1 Å². The van der Waals surface area contributed by atoms with Gasteiger partial charge in [0, 0.05) is 73.6 Å². The molecule has 0 amide bonds. The van der Waals surface area contributed by atoms with E-state index in [0.29, 0.717) is 5.56 Å². The molecule has 3 atom stereocenters. The number of pyridine rings is 2. The van der Waals surface area contributed by atoms with E-state index in [2.05, 4.69) is 312 Å². The van der Waals surface area contributed by atoms with Crippen LogP contribution in [-0.2, 0) is 22.9 Å². The number of aryl methyl sites for hydroxylation is 4. The van der Waals surface area contributed by atoms with Crippen molar-refractivity contribution in [3.05, 3.63) is 305 Å². The van der Waals surface area contributed by atoms with Crippen LogP contribution in [0, 0.1) is 26.6 Å². The molecular weight excluding hydrogens is 1070 g/mol. The molecule has 0 bridgehead atoms. The number of hydrogen-bond acceptors (Lipinski definition) is 2. The summed E-state index contributed by atoms with van der Waals surface area (Å²) in [5.41, 5.74) is 25.3. The first-order valence-corrected chi connectivity index (χ1v) is 31.6. The normalized spacial score (nSPS) is 18.2. The van der Waals surface area contributed by atoms with Crippen molar-refractivity contribution in [1.82, 2.24) is 4.90 Å². The van der Waals surface area contributed by atoms with Gasteiger partial charge >= 0.3 is 0 Å². The summed E-state index contributed by atoms with van der Waals surface area (Å²) >= 11 is 0. The standard InChI is InChI=1S/C83H71FN4/c1-9-55-23-20-28-67-70-50-60(35-40-76(70)86-46-45-85(8)80(86)77(55)67)56-31-36-61(37-32-56)83(72-29-18-16-26-65(72)66-27-17-19-30-73(66)83)62-38-33-59(34-39-62)69-51-68(54(6)49-75(69)84)78-63-24-14-12-22-58(63)42-44-88(78)82(11-3)74-48-53(5)52(4)47-71(74)79-64-25-15-13-21-57(64)41-43-87(79)81(82,7)10-2/h12-51,80H,9-11H2,1-8H3/q+2. The number of rotatable bonds is 9. The summed E-state index contributed by atoms with van der Waals surface area (Å²) in [6.45, 7) is 16.1. The van der Waals surface area contributed by atoms with Crippen LogP contribution < -0.4 is 14.0 Å². The van der Waals surface area contributed by atoms with Gasteiger partial charge in [-0.25, -0.2) is 4.39 Å². The van der Waals surface area contributed by atoms with Gasteiger partial charge in [0.15, 0.2) is 12.4 Å². The third-order valence-corrected chi connectivity index (χ3v) is 21.4. The Morgan fingerprint density at radius 3 is 1.68 bits per heavy atom. The Balaban J connectivity index is 0.845. The Morgan fingerprint density at radius 1 is 0.455 bits per heavy atom. The zero-order valence-corrected chi connectivity index (χ0v) is 51.5. The Hall–Kier alpha value is -9.71. The zero-order valence-electron chi connectivity index (χ0n) is 51.5. The molecule has 1 aliphatic carbocycles. The van der Waals surface area contributed by atoms with Crippen LogP contribution in [0.5, 0.6) is 0 Å². The number of aromatic nitrogens is 2. The maximum Gasteiger partial charge on any atom is 0.257 e. The Kier molecular flexibility index (Phi) is 12.2. The molecular formula is C83H71FN4+2. The fourth-order valence-electron chi connectivity index (χ4n) is 16.8. The summed E-state index contributed by atoms with van der Waals surface area (Å²) in [6.07, 6.45) is 11.9. The largest absolute Gasteiger partial charge is 0.355 e. The van der Waals surface area contributed by atoms with Gasteiger partial charge in [-0.1, -0.05) is 178 Å². The topological polar surface area (TPSA) is 14.2 Å². The van der Waals surface area contributed by atoms with E-state index in [0.717, 1.165) is 58.0 Å². The third-order valence-electron chi connectivity index (χ3n) is 21.4. The van der Waals surface area contributed by atoms with Crippen molar-refractivity contribution in [3.63, 3.8) is 0 Å². The van der Waals surface area contributed by atoms with Crippen LogP contribution in [0.25, 0.3) is 88.6 Å². The molecule has 4 nitrogen and oxygen atoms in total. The van der Waals surface area contributed by atoms with Crippen LogP contribution in [0.3, 0.4) is 0 Å². The molecule has 2 aromatic heterocycles. The molecule has 5 heteroatoms. The average molecular weight is 1140 g/mol. The van der Waals surface area contributed by atoms with E-state index in [-0.39, 0.29) is 12.0 Å². The quantitative estimate of drug-likeness (QED) is 0.134. The number of fused-ring (bicyclic) bond motifs is 15. The van der Waals surface area contributed by atoms with E-state index in [1.807, 2.05) is 0 Å². The van der Waals surface area contributed by atoms with Crippen LogP contribution in [-0.4, -0.2) is 11.9 Å². The van der Waals surface area contributed by atoms with Gasteiger partial charge in [0.25, 0.3) is 5.54 Å². The minimum absolute atomic E-state index is 0.147. The SMILES string of the molecule is CCc1cccc2c1C1N(C)C=CN1c1ccc(-c3ccc(C4(c5ccc(-c6cc(-c7c8ccccc8cc[n+]7C7(CC)c8cc(C)c(C)cc8-c8c9ccccc9cc[n+]8C7(C)CC)c(C)cc6F)cc5)c5ccccc5-c5ccccc54)cc3)cc1-2. The summed E-state index contributed by atoms with van der Waals surface area (Å²) in [7, 11) is 2.18. The van der Waals surface area contributed by atoms with E-state index in [1.54, 1.807) is 6.07 Å². The number of benzene rings is 10. The van der Waals surface area contributed by atoms with E-state index >= 15 is 4.39 Å². The third kappa shape index (κ3) is 7.31. The molecule has 0 spiro atoms. The molecule has 0 saturated heterocycles. The number of nitrogens with zero attached hydrogens (tertiary/aromatic N) is 4. The fourth-order valence-corrected chi connectivity index (χ4v) is 16.8. The Morgan fingerprint density at radius 2 is 1.03 bits per heavy atom. The molecule has 10 aromatic carbocycles. The van der Waals surface area contributed by atoms with Crippen molar-refractivity contribution in [2.24, 2.45) is 0 Å². The molecule has 12 aromatic rings. The second-order valence-electron chi connectivity index (χ2n) is 25.4. The van der Waals surface area contributed by atoms with Gasteiger partial charge in [0.05, 0.1) is 33.0 Å². The minimum atomic E-state index is -0.652. The number of halogens is 1. The first-order valence-electron chi connectivity index (χ1n) is 31.6. The smallest absolute Gasteiger partial charge is 0.257 e. The summed E-state index contributed by atoms with van der Waals surface area (Å²) in [4.78, 5) is 4.76. The predicted molar refractivity (Wildman–Crippen MR) is 360 cm³/mol. The lowest BCUT2D eigenvalue weighted by Crippen LogP contribution is -2.78. The average Bonchev–Trinajstić information content (AvgIpc) is 1.83. The first kappa shape index (κ1) is 53.7. The lowest BCUT2D eigenvalue weighted by atomic mass is 9.64. The summed E-state index contributed by atoms with van der Waals surface area (Å²) in [5, 5.41) is 4.76. The van der Waals surface area contributed by atoms with Gasteiger partial charge in [-0.2, -0.15) is 9.13 Å². The van der Waals surface area contributed by atoms with Gasteiger partial charge in [0.2, 0.25) is 16.9 Å². The Bertz CT molecular complexity index is 4870. The van der Waals surface area contributed by atoms with Gasteiger partial charge < -0.3 is 9.80 Å². The molecule has 0 N–H and O–H groups in total. The predicted octanol–water partition coefficient (Wildman–Crippen LogP) is 19.4. The van der Waals surface area contributed by atoms with Crippen LogP contribution in [0.1, 0.15) is 102 Å². The van der Waals surface area contributed by atoms with Crippen molar-refractivity contribution >= 4 is 27.2 Å². The van der Waals surface area contributed by atoms with Crippen LogP contribution >= 0.6 is 0 Å². The van der Waals surface area contributed by atoms with Gasteiger partial charge in [-0.05, 0) is 164 Å². The fraction of sp³-hybridized carbons (Fsp3) is 0.181. The monoisotopic (exact) mass is 1140 g/mol. The lowest BCUT2D eigenvalue weighted by Gasteiger charge is -2.44. The van der Waals surface area contributed by atoms with Crippen molar-refractivity contribution < 1.29 is 13.5 Å². The van der Waals surface area contributed by atoms with Gasteiger partial charge in [-0.15, -0.1) is 0 Å². The molecule has 3 aliphatic heterocycles. The van der Waals surface area contributed by atoms with Gasteiger partial charge in [-0.3, -0.25) is 0 Å². The maximum atomic E-state index is 17.5. The minimum Gasteiger partial charge on any atom is -0.355 e. The molecule has 428 valence electrons. The highest BCUT2D eigenvalue weighted by Gasteiger charge is 2.67. The van der Waals surface area contributed by atoms with E-state index < -0.39 is 16.5 Å². The van der Waals surface area contributed by atoms with E-state index in [9.17, 15) is 0 Å². The zero-order chi connectivity index (χ0) is 60.0. The summed E-state index contributed by atoms with van der Waals surface area (Å²) < 4.78 is 22.7. The Labute approximate surface area is 516 Å². The number of anilines is 1. The van der Waals surface area contributed by atoms with Crippen molar-refractivity contribution in [1.29, 1.82) is 0 Å². The van der Waals surface area contributed by atoms with E-state index in [4.69, 9.17) is 0 Å². The van der Waals surface area contributed by atoms with Crippen LogP contribution in [0.15, 0.2) is 243 Å². The molecule has 16 rings (SSSR count). The highest BCUT2D eigenvalue weighted by atomic mass is 19.1. The second kappa shape index (κ2) is 19.9. The highest BCUT2D eigenvalue weighted by Crippen LogP contribution is 2.58. The molecule has 0 radical (unpaired) electrons. The summed E-state index contributed by atoms with van der Waals surface area (Å²) in [5.74, 6) is -0.239. The van der Waals surface area contributed by atoms with Crippen molar-refractivity contribution in [2.75, 3.05) is 11.9 Å². The maximum absolute atomic E-state index is 17.5. The molecule has 0 saturated carbocycles. The molecule has 4 aliphatic rings. The van der Waals surface area contributed by atoms with Crippen LogP contribution in [0.2, 0.25) is 0 Å².